The Morgan fingerprint density at radius 3 is 2.05 bits per heavy atom. The first-order valence-corrected chi connectivity index (χ1v) is 7.41. The Kier molecular flexibility index (Phi) is 5.45. The topological polar surface area (TPSA) is 12.0 Å². The average molecular weight is 289 g/mol. The molecule has 0 fully saturated rings. The van der Waals surface area contributed by atoms with Gasteiger partial charge in [0.05, 0.1) is 0 Å². The van der Waals surface area contributed by atoms with Gasteiger partial charge in [0.25, 0.3) is 0 Å². The summed E-state index contributed by atoms with van der Waals surface area (Å²) in [6, 6.07) is 13.6. The minimum Gasteiger partial charge on any atom is -0.310 e. The largest absolute Gasteiger partial charge is 0.310 e. The molecule has 2 atom stereocenters. The van der Waals surface area contributed by atoms with Crippen LogP contribution in [0.5, 0.6) is 0 Å². The summed E-state index contributed by atoms with van der Waals surface area (Å²) >= 11 is 0. The Labute approximate surface area is 125 Å². The van der Waals surface area contributed by atoms with Gasteiger partial charge in [-0.05, 0) is 30.7 Å². The van der Waals surface area contributed by atoms with Crippen molar-refractivity contribution in [1.82, 2.24) is 5.32 Å². The predicted octanol–water partition coefficient (Wildman–Crippen LogP) is 4.81. The van der Waals surface area contributed by atoms with Crippen molar-refractivity contribution in [3.05, 3.63) is 71.3 Å². The van der Waals surface area contributed by atoms with Crippen molar-refractivity contribution in [2.45, 2.75) is 32.2 Å². The first kappa shape index (κ1) is 15.6. The highest BCUT2D eigenvalue weighted by Crippen LogP contribution is 2.35. The van der Waals surface area contributed by atoms with Crippen molar-refractivity contribution in [2.75, 3.05) is 6.54 Å². The fourth-order valence-corrected chi connectivity index (χ4v) is 2.84. The third kappa shape index (κ3) is 3.48. The zero-order chi connectivity index (χ0) is 15.2. The number of likely N-dealkylation sites (N-methyl/N-ethyl adjacent to an activating group) is 1. The highest BCUT2D eigenvalue weighted by molar-refractivity contribution is 5.30. The van der Waals surface area contributed by atoms with Gasteiger partial charge in [0.2, 0.25) is 0 Å². The van der Waals surface area contributed by atoms with E-state index in [9.17, 15) is 8.78 Å². The summed E-state index contributed by atoms with van der Waals surface area (Å²) in [5, 5.41) is 3.25. The maximum atomic E-state index is 14.2. The van der Waals surface area contributed by atoms with E-state index < -0.39 is 11.6 Å². The normalized spacial score (nSPS) is 13.9. The van der Waals surface area contributed by atoms with Crippen LogP contribution in [0.3, 0.4) is 0 Å². The molecule has 0 saturated carbocycles. The van der Waals surface area contributed by atoms with Gasteiger partial charge in [-0.2, -0.15) is 0 Å². The second-order valence-corrected chi connectivity index (χ2v) is 5.10. The number of benzene rings is 2. The van der Waals surface area contributed by atoms with Crippen molar-refractivity contribution in [1.29, 1.82) is 0 Å². The molecule has 2 rings (SSSR count). The first-order chi connectivity index (χ1) is 10.2. The van der Waals surface area contributed by atoms with Gasteiger partial charge in [-0.15, -0.1) is 0 Å². The quantitative estimate of drug-likeness (QED) is 0.804. The number of halogens is 2. The van der Waals surface area contributed by atoms with Crippen molar-refractivity contribution in [2.24, 2.45) is 0 Å². The molecule has 0 heterocycles. The smallest absolute Gasteiger partial charge is 0.130 e. The highest BCUT2D eigenvalue weighted by Gasteiger charge is 2.27. The van der Waals surface area contributed by atoms with Crippen LogP contribution in [0.1, 0.15) is 43.4 Å². The van der Waals surface area contributed by atoms with E-state index in [1.165, 1.54) is 18.2 Å². The van der Waals surface area contributed by atoms with Crippen LogP contribution < -0.4 is 5.32 Å². The first-order valence-electron chi connectivity index (χ1n) is 7.41. The summed E-state index contributed by atoms with van der Waals surface area (Å²) < 4.78 is 28.3. The molecule has 0 amide bonds. The molecule has 0 aliphatic carbocycles. The third-order valence-corrected chi connectivity index (χ3v) is 3.80. The predicted molar refractivity (Wildman–Crippen MR) is 82.2 cm³/mol. The monoisotopic (exact) mass is 289 g/mol. The van der Waals surface area contributed by atoms with Gasteiger partial charge in [0, 0.05) is 17.5 Å². The lowest BCUT2D eigenvalue weighted by atomic mass is 9.84. The molecule has 1 N–H and O–H groups in total. The molecule has 0 aromatic heterocycles. The van der Waals surface area contributed by atoms with Crippen molar-refractivity contribution < 1.29 is 8.78 Å². The van der Waals surface area contributed by atoms with Crippen LogP contribution in [0.4, 0.5) is 8.78 Å². The molecule has 3 heteroatoms. The van der Waals surface area contributed by atoms with Crippen LogP contribution in [0.2, 0.25) is 0 Å². The zero-order valence-electron chi connectivity index (χ0n) is 12.4. The summed E-state index contributed by atoms with van der Waals surface area (Å²) in [7, 11) is 0. The molecular weight excluding hydrogens is 268 g/mol. The van der Waals surface area contributed by atoms with Gasteiger partial charge in [-0.1, -0.05) is 50.2 Å². The molecular formula is C18H21F2N. The van der Waals surface area contributed by atoms with Crippen LogP contribution in [0.15, 0.2) is 48.5 Å². The number of nitrogens with one attached hydrogen (secondary N) is 1. The Morgan fingerprint density at radius 2 is 1.52 bits per heavy atom. The average Bonchev–Trinajstić information content (AvgIpc) is 2.49. The molecule has 0 spiro atoms. The molecule has 2 aromatic carbocycles. The molecule has 2 aromatic rings. The van der Waals surface area contributed by atoms with Gasteiger partial charge in [0.15, 0.2) is 0 Å². The Hall–Kier alpha value is -1.74. The SMILES string of the molecule is CCNC(c1c(F)cccc1F)C(CC)c1ccccc1. The minimum absolute atomic E-state index is 0.0255. The Balaban J connectivity index is 2.46. The number of hydrogen-bond donors (Lipinski definition) is 1. The van der Waals surface area contributed by atoms with E-state index in [0.29, 0.717) is 6.54 Å². The Morgan fingerprint density at radius 1 is 0.905 bits per heavy atom. The van der Waals surface area contributed by atoms with Gasteiger partial charge < -0.3 is 5.32 Å². The highest BCUT2D eigenvalue weighted by atomic mass is 19.1. The summed E-state index contributed by atoms with van der Waals surface area (Å²) in [6.45, 7) is 4.64. The molecule has 0 radical (unpaired) electrons. The lowest BCUT2D eigenvalue weighted by Crippen LogP contribution is -2.28. The molecule has 0 saturated heterocycles. The molecule has 112 valence electrons. The number of rotatable bonds is 6. The molecule has 0 bridgehead atoms. The van der Waals surface area contributed by atoms with Crippen LogP contribution in [-0.4, -0.2) is 6.54 Å². The molecule has 0 aliphatic heterocycles. The van der Waals surface area contributed by atoms with Crippen LogP contribution in [0, 0.1) is 11.6 Å². The minimum atomic E-state index is -0.490. The standard InChI is InChI=1S/C18H21F2N/c1-3-14(13-9-6-5-7-10-13)18(21-4-2)17-15(19)11-8-12-16(17)20/h5-12,14,18,21H,3-4H2,1-2H3. The van der Waals surface area contributed by atoms with Crippen LogP contribution in [-0.2, 0) is 0 Å². The van der Waals surface area contributed by atoms with Crippen molar-refractivity contribution in [3.63, 3.8) is 0 Å². The second-order valence-electron chi connectivity index (χ2n) is 5.10. The summed E-state index contributed by atoms with van der Waals surface area (Å²) in [6.07, 6.45) is 0.801. The zero-order valence-corrected chi connectivity index (χ0v) is 12.4. The molecule has 21 heavy (non-hydrogen) atoms. The fraction of sp³-hybridized carbons (Fsp3) is 0.333. The van der Waals surface area contributed by atoms with E-state index in [0.717, 1.165) is 12.0 Å². The van der Waals surface area contributed by atoms with E-state index in [-0.39, 0.29) is 17.5 Å². The van der Waals surface area contributed by atoms with E-state index in [1.54, 1.807) is 0 Å². The molecule has 0 aliphatic rings. The molecule has 1 nitrogen and oxygen atoms in total. The number of hydrogen-bond acceptors (Lipinski definition) is 1. The van der Waals surface area contributed by atoms with Gasteiger partial charge in [0.1, 0.15) is 11.6 Å². The fourth-order valence-electron chi connectivity index (χ4n) is 2.84. The van der Waals surface area contributed by atoms with Gasteiger partial charge >= 0.3 is 0 Å². The van der Waals surface area contributed by atoms with Crippen LogP contribution >= 0.6 is 0 Å². The maximum Gasteiger partial charge on any atom is 0.130 e. The maximum absolute atomic E-state index is 14.2. The van der Waals surface area contributed by atoms with Crippen molar-refractivity contribution >= 4 is 0 Å². The van der Waals surface area contributed by atoms with Crippen molar-refractivity contribution in [3.8, 4) is 0 Å². The van der Waals surface area contributed by atoms with Gasteiger partial charge in [-0.25, -0.2) is 8.78 Å². The van der Waals surface area contributed by atoms with E-state index >= 15 is 0 Å². The second kappa shape index (κ2) is 7.32. The van der Waals surface area contributed by atoms with E-state index in [1.807, 2.05) is 44.2 Å². The van der Waals surface area contributed by atoms with Gasteiger partial charge in [-0.3, -0.25) is 0 Å². The summed E-state index contributed by atoms with van der Waals surface area (Å²) in [5.74, 6) is -0.955. The molecule has 2 unspecified atom stereocenters. The van der Waals surface area contributed by atoms with E-state index in [4.69, 9.17) is 0 Å². The Bertz CT molecular complexity index is 548. The lowest BCUT2D eigenvalue weighted by molar-refractivity contribution is 0.408. The van der Waals surface area contributed by atoms with Crippen LogP contribution in [0.25, 0.3) is 0 Å². The summed E-state index contributed by atoms with van der Waals surface area (Å²) in [5.41, 5.74) is 1.23. The third-order valence-electron chi connectivity index (χ3n) is 3.80. The summed E-state index contributed by atoms with van der Waals surface area (Å²) in [4.78, 5) is 0. The lowest BCUT2D eigenvalue weighted by Gasteiger charge is -2.28. The van der Waals surface area contributed by atoms with E-state index in [2.05, 4.69) is 5.32 Å².